The third-order valence-corrected chi connectivity index (χ3v) is 4.18. The molecule has 1 aliphatic rings. The van der Waals surface area contributed by atoms with Crippen LogP contribution in [0.4, 0.5) is 5.69 Å². The topological polar surface area (TPSA) is 43.8 Å². The number of piperazine rings is 1. The molecule has 0 aromatic heterocycles. The molecule has 0 bridgehead atoms. The first kappa shape index (κ1) is 14.3. The fourth-order valence-corrected chi connectivity index (χ4v) is 3.04. The molecule has 4 nitrogen and oxygen atoms in total. The Labute approximate surface area is 122 Å². The van der Waals surface area contributed by atoms with Gasteiger partial charge in [0.1, 0.15) is 0 Å². The lowest BCUT2D eigenvalue weighted by Crippen LogP contribution is -2.52. The van der Waals surface area contributed by atoms with Gasteiger partial charge in [0.2, 0.25) is 0 Å². The highest BCUT2D eigenvalue weighted by atomic mass is 79.9. The minimum absolute atomic E-state index is 0.0781. The molecule has 1 heterocycles. The Kier molecular flexibility index (Phi) is 4.47. The second-order valence-electron chi connectivity index (χ2n) is 5.11. The molecular weight excluding hydrogens is 308 g/mol. The molecule has 0 aliphatic carbocycles. The molecule has 1 aliphatic heterocycles. The van der Waals surface area contributed by atoms with Crippen LogP contribution in [0.1, 0.15) is 12.0 Å². The van der Waals surface area contributed by atoms with Crippen LogP contribution in [0.15, 0.2) is 22.7 Å². The Morgan fingerprint density at radius 3 is 2.84 bits per heavy atom. The number of carbonyl (C=O) groups is 1. The molecule has 5 heteroatoms. The highest BCUT2D eigenvalue weighted by Crippen LogP contribution is 2.26. The van der Waals surface area contributed by atoms with Gasteiger partial charge < -0.3 is 10.0 Å². The Morgan fingerprint density at radius 1 is 1.47 bits per heavy atom. The minimum atomic E-state index is -0.730. The molecule has 1 saturated heterocycles. The van der Waals surface area contributed by atoms with Crippen molar-refractivity contribution in [3.8, 4) is 0 Å². The highest BCUT2D eigenvalue weighted by Gasteiger charge is 2.26. The summed E-state index contributed by atoms with van der Waals surface area (Å²) in [7, 11) is 2.00. The minimum Gasteiger partial charge on any atom is -0.481 e. The van der Waals surface area contributed by atoms with Crippen LogP contribution < -0.4 is 4.90 Å². The number of likely N-dealkylation sites (N-methyl/N-ethyl adjacent to an activating group) is 1. The van der Waals surface area contributed by atoms with Crippen LogP contribution in [0, 0.1) is 6.92 Å². The zero-order valence-corrected chi connectivity index (χ0v) is 12.9. The zero-order chi connectivity index (χ0) is 14.0. The summed E-state index contributed by atoms with van der Waals surface area (Å²) in [6, 6.07) is 6.31. The number of aryl methyl sites for hydroxylation is 1. The molecule has 1 aromatic carbocycles. The van der Waals surface area contributed by atoms with Gasteiger partial charge in [-0.25, -0.2) is 0 Å². The van der Waals surface area contributed by atoms with Gasteiger partial charge in [-0.2, -0.15) is 0 Å². The Morgan fingerprint density at radius 2 is 2.21 bits per heavy atom. The third-order valence-electron chi connectivity index (χ3n) is 3.69. The maximum Gasteiger partial charge on any atom is 0.305 e. The van der Waals surface area contributed by atoms with E-state index in [2.05, 4.69) is 44.8 Å². The number of carboxylic acid groups (broad SMARTS) is 1. The Bertz CT molecular complexity index is 479. The fourth-order valence-electron chi connectivity index (χ4n) is 2.56. The van der Waals surface area contributed by atoms with Crippen molar-refractivity contribution in [1.29, 1.82) is 0 Å². The molecule has 0 spiro atoms. The molecule has 2 rings (SSSR count). The van der Waals surface area contributed by atoms with Gasteiger partial charge in [0, 0.05) is 35.8 Å². The van der Waals surface area contributed by atoms with Gasteiger partial charge in [-0.3, -0.25) is 9.69 Å². The van der Waals surface area contributed by atoms with Gasteiger partial charge in [0.05, 0.1) is 6.42 Å². The Balaban J connectivity index is 2.15. The maximum atomic E-state index is 10.9. The van der Waals surface area contributed by atoms with E-state index in [0.717, 1.165) is 24.1 Å². The summed E-state index contributed by atoms with van der Waals surface area (Å²) < 4.78 is 1.07. The normalized spacial score (nSPS) is 20.6. The number of hydrogen-bond acceptors (Lipinski definition) is 3. The lowest BCUT2D eigenvalue weighted by atomic mass is 10.1. The Hall–Kier alpha value is -1.07. The second-order valence-corrected chi connectivity index (χ2v) is 6.02. The molecule has 1 atom stereocenters. The molecule has 1 N–H and O–H groups in total. The lowest BCUT2D eigenvalue weighted by Gasteiger charge is -2.40. The molecule has 0 radical (unpaired) electrons. The number of hydrogen-bond donors (Lipinski definition) is 1. The van der Waals surface area contributed by atoms with E-state index in [-0.39, 0.29) is 12.5 Å². The lowest BCUT2D eigenvalue weighted by molar-refractivity contribution is -0.138. The molecule has 104 valence electrons. The van der Waals surface area contributed by atoms with Crippen LogP contribution in [0.2, 0.25) is 0 Å². The van der Waals surface area contributed by atoms with Crippen molar-refractivity contribution in [3.63, 3.8) is 0 Å². The van der Waals surface area contributed by atoms with Gasteiger partial charge in [-0.15, -0.1) is 0 Å². The van der Waals surface area contributed by atoms with E-state index in [9.17, 15) is 4.79 Å². The van der Waals surface area contributed by atoms with Crippen LogP contribution >= 0.6 is 15.9 Å². The quantitative estimate of drug-likeness (QED) is 0.926. The van der Waals surface area contributed by atoms with Crippen LogP contribution in [0.5, 0.6) is 0 Å². The highest BCUT2D eigenvalue weighted by molar-refractivity contribution is 9.10. The van der Waals surface area contributed by atoms with Gasteiger partial charge in [-0.1, -0.05) is 15.9 Å². The maximum absolute atomic E-state index is 10.9. The van der Waals surface area contributed by atoms with Crippen LogP contribution in [0.25, 0.3) is 0 Å². The van der Waals surface area contributed by atoms with E-state index in [0.29, 0.717) is 0 Å². The van der Waals surface area contributed by atoms with Gasteiger partial charge >= 0.3 is 5.97 Å². The first-order chi connectivity index (χ1) is 8.97. The molecule has 1 unspecified atom stereocenters. The van der Waals surface area contributed by atoms with E-state index >= 15 is 0 Å². The van der Waals surface area contributed by atoms with Crippen molar-refractivity contribution < 1.29 is 9.90 Å². The molecular formula is C14H19BrN2O2. The largest absolute Gasteiger partial charge is 0.481 e. The summed E-state index contributed by atoms with van der Waals surface area (Å²) in [5.41, 5.74) is 2.42. The van der Waals surface area contributed by atoms with Gasteiger partial charge in [0.25, 0.3) is 0 Å². The third kappa shape index (κ3) is 3.48. The van der Waals surface area contributed by atoms with Crippen LogP contribution in [-0.4, -0.2) is 48.7 Å². The average Bonchev–Trinajstić information content (AvgIpc) is 2.32. The van der Waals surface area contributed by atoms with E-state index < -0.39 is 5.97 Å². The van der Waals surface area contributed by atoms with Crippen molar-refractivity contribution in [3.05, 3.63) is 28.2 Å². The number of aliphatic carboxylic acids is 1. The van der Waals surface area contributed by atoms with Crippen molar-refractivity contribution in [1.82, 2.24) is 4.90 Å². The van der Waals surface area contributed by atoms with E-state index in [1.54, 1.807) is 0 Å². The molecule has 0 amide bonds. The van der Waals surface area contributed by atoms with Gasteiger partial charge in [0.15, 0.2) is 0 Å². The van der Waals surface area contributed by atoms with Gasteiger partial charge in [-0.05, 0) is 37.7 Å². The second kappa shape index (κ2) is 5.92. The smallest absolute Gasteiger partial charge is 0.305 e. The van der Waals surface area contributed by atoms with E-state index in [1.165, 1.54) is 11.3 Å². The predicted octanol–water partition coefficient (Wildman–Crippen LogP) is 2.35. The van der Waals surface area contributed by atoms with E-state index in [1.807, 2.05) is 13.1 Å². The van der Waals surface area contributed by atoms with Crippen molar-refractivity contribution >= 4 is 27.6 Å². The van der Waals surface area contributed by atoms with Crippen LogP contribution in [0.3, 0.4) is 0 Å². The predicted molar refractivity (Wildman–Crippen MR) is 79.8 cm³/mol. The summed E-state index contributed by atoms with van der Waals surface area (Å²) in [6.07, 6.45) is 0.197. The number of nitrogens with zero attached hydrogens (tertiary/aromatic N) is 2. The molecule has 1 fully saturated rings. The summed E-state index contributed by atoms with van der Waals surface area (Å²) in [6.45, 7) is 4.69. The molecule has 0 saturated carbocycles. The van der Waals surface area contributed by atoms with E-state index in [4.69, 9.17) is 5.11 Å². The number of anilines is 1. The molecule has 1 aromatic rings. The summed E-state index contributed by atoms with van der Waals surface area (Å²) in [4.78, 5) is 15.3. The van der Waals surface area contributed by atoms with Crippen molar-refractivity contribution in [2.45, 2.75) is 19.4 Å². The number of carboxylic acids is 1. The standard InChI is InChI=1S/C14H19BrN2O2/c1-10-7-11(15)3-4-13(10)17-6-5-16(2)12(9-17)8-14(18)19/h3-4,7,12H,5-6,8-9H2,1-2H3,(H,18,19). The fraction of sp³-hybridized carbons (Fsp3) is 0.500. The summed E-state index contributed by atoms with van der Waals surface area (Å²) >= 11 is 3.47. The van der Waals surface area contributed by atoms with Crippen molar-refractivity contribution in [2.24, 2.45) is 0 Å². The first-order valence-corrected chi connectivity index (χ1v) is 7.20. The number of benzene rings is 1. The van der Waals surface area contributed by atoms with Crippen LogP contribution in [-0.2, 0) is 4.79 Å². The SMILES string of the molecule is Cc1cc(Br)ccc1N1CCN(C)C(CC(=O)O)C1. The zero-order valence-electron chi connectivity index (χ0n) is 11.3. The summed E-state index contributed by atoms with van der Waals surface area (Å²) in [5, 5.41) is 8.98. The molecule has 19 heavy (non-hydrogen) atoms. The monoisotopic (exact) mass is 326 g/mol. The van der Waals surface area contributed by atoms with Crippen molar-refractivity contribution in [2.75, 3.05) is 31.6 Å². The summed E-state index contributed by atoms with van der Waals surface area (Å²) in [5.74, 6) is -0.730. The average molecular weight is 327 g/mol. The number of rotatable bonds is 3. The first-order valence-electron chi connectivity index (χ1n) is 6.40. The number of halogens is 1.